The van der Waals surface area contributed by atoms with Crippen molar-refractivity contribution in [1.82, 2.24) is 14.5 Å². The number of carbonyl (C=O) groups is 2. The molecular weight excluding hydrogens is 350 g/mol. The molecule has 1 aliphatic rings. The summed E-state index contributed by atoms with van der Waals surface area (Å²) < 4.78 is 1.41. The number of fused-ring (bicyclic) bond motifs is 1. The maximum absolute atomic E-state index is 12.7. The second-order valence-electron chi connectivity index (χ2n) is 6.85. The van der Waals surface area contributed by atoms with E-state index >= 15 is 0 Å². The molecule has 2 N–H and O–H groups in total. The Morgan fingerprint density at radius 2 is 1.93 bits per heavy atom. The molecule has 8 heteroatoms. The first kappa shape index (κ1) is 18.9. The van der Waals surface area contributed by atoms with Gasteiger partial charge in [-0.3, -0.25) is 23.9 Å². The van der Waals surface area contributed by atoms with Crippen LogP contribution in [0.25, 0.3) is 10.9 Å². The highest BCUT2D eigenvalue weighted by Gasteiger charge is 2.26. The Bertz CT molecular complexity index is 962. The molecule has 1 amide bonds. The van der Waals surface area contributed by atoms with Crippen LogP contribution in [-0.4, -0.2) is 44.0 Å². The predicted molar refractivity (Wildman–Crippen MR) is 99.7 cm³/mol. The lowest BCUT2D eigenvalue weighted by atomic mass is 9.97. The Balaban J connectivity index is 1.75. The third kappa shape index (κ3) is 4.27. The summed E-state index contributed by atoms with van der Waals surface area (Å²) in [4.78, 5) is 51.7. The van der Waals surface area contributed by atoms with E-state index in [1.807, 2.05) is 0 Å². The summed E-state index contributed by atoms with van der Waals surface area (Å²) in [6.45, 7) is 0.779. The summed E-state index contributed by atoms with van der Waals surface area (Å²) in [7, 11) is 0. The number of carbonyl (C=O) groups excluding carboxylic acids is 1. The average Bonchev–Trinajstić information content (AvgIpc) is 2.66. The zero-order valence-electron chi connectivity index (χ0n) is 15.0. The topological polar surface area (TPSA) is 112 Å². The Morgan fingerprint density at radius 3 is 2.70 bits per heavy atom. The van der Waals surface area contributed by atoms with Crippen molar-refractivity contribution in [3.05, 3.63) is 45.1 Å². The Hall–Kier alpha value is -2.90. The van der Waals surface area contributed by atoms with Crippen molar-refractivity contribution in [2.75, 3.05) is 6.54 Å². The van der Waals surface area contributed by atoms with Crippen LogP contribution in [0.3, 0.4) is 0 Å². The SMILES string of the molecule is O=C(O)CCC1CCCCN1C(=O)CCn1c(=O)[nH]c(=O)c2ccccc21. The molecule has 27 heavy (non-hydrogen) atoms. The number of rotatable bonds is 6. The third-order valence-electron chi connectivity index (χ3n) is 5.09. The number of piperidine rings is 1. The lowest BCUT2D eigenvalue weighted by Gasteiger charge is -2.36. The molecule has 1 saturated heterocycles. The van der Waals surface area contributed by atoms with Crippen LogP contribution >= 0.6 is 0 Å². The van der Waals surface area contributed by atoms with E-state index in [-0.39, 0.29) is 31.3 Å². The fraction of sp³-hybridized carbons (Fsp3) is 0.474. The van der Waals surface area contributed by atoms with Crippen molar-refractivity contribution >= 4 is 22.8 Å². The number of carboxylic acid groups (broad SMARTS) is 1. The molecule has 1 aromatic heterocycles. The molecule has 0 bridgehead atoms. The molecule has 1 aromatic carbocycles. The van der Waals surface area contributed by atoms with E-state index in [4.69, 9.17) is 5.11 Å². The summed E-state index contributed by atoms with van der Waals surface area (Å²) in [5.74, 6) is -0.952. The number of carboxylic acids is 1. The second kappa shape index (κ2) is 8.20. The van der Waals surface area contributed by atoms with Crippen molar-refractivity contribution in [3.63, 3.8) is 0 Å². The molecule has 0 spiro atoms. The fourth-order valence-electron chi connectivity index (χ4n) is 3.73. The number of aryl methyl sites for hydroxylation is 1. The van der Waals surface area contributed by atoms with E-state index in [1.165, 1.54) is 4.57 Å². The quantitative estimate of drug-likeness (QED) is 0.793. The van der Waals surface area contributed by atoms with Crippen molar-refractivity contribution in [1.29, 1.82) is 0 Å². The molecule has 1 atom stereocenters. The maximum Gasteiger partial charge on any atom is 0.328 e. The fourth-order valence-corrected chi connectivity index (χ4v) is 3.73. The largest absolute Gasteiger partial charge is 0.481 e. The molecule has 1 fully saturated rings. The summed E-state index contributed by atoms with van der Waals surface area (Å²) in [5, 5.41) is 9.31. The van der Waals surface area contributed by atoms with E-state index < -0.39 is 17.2 Å². The van der Waals surface area contributed by atoms with Gasteiger partial charge in [-0.1, -0.05) is 12.1 Å². The average molecular weight is 373 g/mol. The van der Waals surface area contributed by atoms with Crippen LogP contribution in [-0.2, 0) is 16.1 Å². The Labute approximate surface area is 155 Å². The number of para-hydroxylation sites is 1. The highest BCUT2D eigenvalue weighted by atomic mass is 16.4. The number of aliphatic carboxylic acids is 1. The Kier molecular flexibility index (Phi) is 5.73. The van der Waals surface area contributed by atoms with Gasteiger partial charge < -0.3 is 10.0 Å². The number of H-pyrrole nitrogens is 1. The van der Waals surface area contributed by atoms with Gasteiger partial charge in [0.25, 0.3) is 5.56 Å². The van der Waals surface area contributed by atoms with Gasteiger partial charge in [-0.15, -0.1) is 0 Å². The maximum atomic E-state index is 12.7. The lowest BCUT2D eigenvalue weighted by molar-refractivity contribution is -0.140. The van der Waals surface area contributed by atoms with Gasteiger partial charge >= 0.3 is 11.7 Å². The van der Waals surface area contributed by atoms with Crippen LogP contribution in [0.4, 0.5) is 0 Å². The second-order valence-corrected chi connectivity index (χ2v) is 6.85. The number of amides is 1. The van der Waals surface area contributed by atoms with Gasteiger partial charge in [0, 0.05) is 32.0 Å². The number of likely N-dealkylation sites (tertiary alicyclic amines) is 1. The molecule has 144 valence electrons. The first-order valence-corrected chi connectivity index (χ1v) is 9.20. The Morgan fingerprint density at radius 1 is 1.15 bits per heavy atom. The number of aromatic amines is 1. The van der Waals surface area contributed by atoms with Gasteiger partial charge in [-0.2, -0.15) is 0 Å². The smallest absolute Gasteiger partial charge is 0.328 e. The molecule has 0 aliphatic carbocycles. The molecule has 0 saturated carbocycles. The molecule has 1 aliphatic heterocycles. The zero-order valence-corrected chi connectivity index (χ0v) is 15.0. The predicted octanol–water partition coefficient (Wildman–Crippen LogP) is 1.33. The number of hydrogen-bond acceptors (Lipinski definition) is 4. The van der Waals surface area contributed by atoms with E-state index in [9.17, 15) is 19.2 Å². The van der Waals surface area contributed by atoms with Gasteiger partial charge in [0.15, 0.2) is 0 Å². The minimum Gasteiger partial charge on any atom is -0.481 e. The monoisotopic (exact) mass is 373 g/mol. The van der Waals surface area contributed by atoms with E-state index in [0.717, 1.165) is 19.3 Å². The van der Waals surface area contributed by atoms with Crippen LogP contribution in [0.1, 0.15) is 38.5 Å². The molecule has 0 radical (unpaired) electrons. The van der Waals surface area contributed by atoms with Crippen LogP contribution in [0.2, 0.25) is 0 Å². The van der Waals surface area contributed by atoms with Gasteiger partial charge in [0.2, 0.25) is 5.91 Å². The molecule has 8 nitrogen and oxygen atoms in total. The van der Waals surface area contributed by atoms with Crippen molar-refractivity contribution in [2.45, 2.75) is 51.1 Å². The van der Waals surface area contributed by atoms with Crippen molar-refractivity contribution < 1.29 is 14.7 Å². The first-order valence-electron chi connectivity index (χ1n) is 9.20. The number of hydrogen-bond donors (Lipinski definition) is 2. The highest BCUT2D eigenvalue weighted by molar-refractivity contribution is 5.79. The first-order chi connectivity index (χ1) is 13.0. The molecule has 2 heterocycles. The minimum atomic E-state index is -0.862. The normalized spacial score (nSPS) is 17.2. The lowest BCUT2D eigenvalue weighted by Crippen LogP contribution is -2.44. The number of aromatic nitrogens is 2. The van der Waals surface area contributed by atoms with E-state index in [2.05, 4.69) is 4.98 Å². The third-order valence-corrected chi connectivity index (χ3v) is 5.09. The number of nitrogens with zero attached hydrogens (tertiary/aromatic N) is 2. The molecule has 3 rings (SSSR count). The summed E-state index contributed by atoms with van der Waals surface area (Å²) in [6.07, 6.45) is 3.30. The standard InChI is InChI=1S/C19H23N3O5/c23-16(21-11-4-3-5-13(21)8-9-17(24)25)10-12-22-15-7-2-1-6-14(15)18(26)20-19(22)27/h1-2,6-7,13H,3-5,8-12H2,(H,24,25)(H,20,26,27). The van der Waals surface area contributed by atoms with Crippen LogP contribution < -0.4 is 11.2 Å². The molecule has 2 aromatic rings. The van der Waals surface area contributed by atoms with E-state index in [0.29, 0.717) is 23.9 Å². The van der Waals surface area contributed by atoms with E-state index in [1.54, 1.807) is 29.2 Å². The van der Waals surface area contributed by atoms with Crippen LogP contribution in [0, 0.1) is 0 Å². The van der Waals surface area contributed by atoms with Gasteiger partial charge in [0.1, 0.15) is 0 Å². The zero-order chi connectivity index (χ0) is 19.4. The van der Waals surface area contributed by atoms with Crippen molar-refractivity contribution in [2.24, 2.45) is 0 Å². The van der Waals surface area contributed by atoms with Gasteiger partial charge in [0.05, 0.1) is 10.9 Å². The highest BCUT2D eigenvalue weighted by Crippen LogP contribution is 2.22. The minimum absolute atomic E-state index is 0.0401. The van der Waals surface area contributed by atoms with Crippen molar-refractivity contribution in [3.8, 4) is 0 Å². The summed E-state index contributed by atoms with van der Waals surface area (Å²) >= 11 is 0. The number of benzene rings is 1. The van der Waals surface area contributed by atoms with Gasteiger partial charge in [-0.25, -0.2) is 4.79 Å². The molecular formula is C19H23N3O5. The van der Waals surface area contributed by atoms with Gasteiger partial charge in [-0.05, 0) is 37.8 Å². The molecule has 1 unspecified atom stereocenters. The van der Waals surface area contributed by atoms with Crippen LogP contribution in [0.15, 0.2) is 33.9 Å². The summed E-state index contributed by atoms with van der Waals surface area (Å²) in [6, 6.07) is 6.72. The number of nitrogens with one attached hydrogen (secondary N) is 1. The summed E-state index contributed by atoms with van der Waals surface area (Å²) in [5.41, 5.74) is -0.476. The van der Waals surface area contributed by atoms with Crippen LogP contribution in [0.5, 0.6) is 0 Å².